The Labute approximate surface area is 138 Å². The van der Waals surface area contributed by atoms with Crippen LogP contribution in [0, 0.1) is 0 Å². The number of amides is 1. The molecule has 2 aromatic rings. The smallest absolute Gasteiger partial charge is 0.273 e. The number of ether oxygens (including phenoxy) is 1. The van der Waals surface area contributed by atoms with E-state index in [1.165, 1.54) is 17.8 Å². The van der Waals surface area contributed by atoms with Gasteiger partial charge in [-0.15, -0.1) is 0 Å². The molecule has 6 nitrogen and oxygen atoms in total. The number of methoxy groups -OCH3 is 1. The normalized spacial score (nSPS) is 10.6. The quantitative estimate of drug-likeness (QED) is 0.650. The van der Waals surface area contributed by atoms with Gasteiger partial charge in [-0.2, -0.15) is 4.98 Å². The molecule has 0 saturated heterocycles. The van der Waals surface area contributed by atoms with Crippen molar-refractivity contribution in [3.63, 3.8) is 0 Å². The molecule has 122 valence electrons. The summed E-state index contributed by atoms with van der Waals surface area (Å²) in [4.78, 5) is 27.5. The molecule has 0 fully saturated rings. The van der Waals surface area contributed by atoms with Crippen molar-refractivity contribution >= 4 is 23.4 Å². The minimum absolute atomic E-state index is 0.159. The fourth-order valence-electron chi connectivity index (χ4n) is 1.92. The van der Waals surface area contributed by atoms with E-state index in [2.05, 4.69) is 10.3 Å². The Morgan fingerprint density at radius 2 is 2.17 bits per heavy atom. The van der Waals surface area contributed by atoms with Gasteiger partial charge in [-0.3, -0.25) is 9.59 Å². The number of aromatic nitrogens is 2. The van der Waals surface area contributed by atoms with Crippen molar-refractivity contribution in [2.75, 3.05) is 18.2 Å². The van der Waals surface area contributed by atoms with Crippen LogP contribution in [0.15, 0.2) is 46.5 Å². The van der Waals surface area contributed by atoms with Crippen molar-refractivity contribution in [1.82, 2.24) is 9.55 Å². The fraction of sp³-hybridized carbons (Fsp3) is 0.312. The van der Waals surface area contributed by atoms with Crippen molar-refractivity contribution < 1.29 is 9.53 Å². The summed E-state index contributed by atoms with van der Waals surface area (Å²) >= 11 is 1.24. The van der Waals surface area contributed by atoms with E-state index in [1.807, 2.05) is 18.4 Å². The van der Waals surface area contributed by atoms with E-state index in [9.17, 15) is 9.59 Å². The molecule has 0 bridgehead atoms. The minimum atomic E-state index is -0.308. The average Bonchev–Trinajstić information content (AvgIpc) is 2.53. The summed E-state index contributed by atoms with van der Waals surface area (Å²) in [6.45, 7) is 3.99. The summed E-state index contributed by atoms with van der Waals surface area (Å²) in [5.41, 5.74) is 0.356. The number of carbonyl (C=O) groups excluding carboxylic acids is 1. The Bertz CT molecular complexity index is 743. The number of hydrogen-bond donors (Lipinski definition) is 1. The molecule has 0 radical (unpaired) electrons. The van der Waals surface area contributed by atoms with Crippen LogP contribution >= 0.6 is 11.8 Å². The Hall–Kier alpha value is -2.28. The third-order valence-electron chi connectivity index (χ3n) is 3.05. The molecule has 2 rings (SSSR count). The molecule has 1 aromatic carbocycles. The molecule has 1 aromatic heterocycles. The highest BCUT2D eigenvalue weighted by molar-refractivity contribution is 7.99. The zero-order valence-corrected chi connectivity index (χ0v) is 14.1. The molecule has 1 heterocycles. The van der Waals surface area contributed by atoms with Gasteiger partial charge in [-0.05, 0) is 26.0 Å². The van der Waals surface area contributed by atoms with Crippen LogP contribution in [0.3, 0.4) is 0 Å². The molecule has 0 saturated carbocycles. The molecule has 0 aliphatic carbocycles. The molecular weight excluding hydrogens is 314 g/mol. The van der Waals surface area contributed by atoms with E-state index in [4.69, 9.17) is 4.74 Å². The maximum absolute atomic E-state index is 12.1. The Balaban J connectivity index is 2.02. The first kappa shape index (κ1) is 17.1. The third-order valence-corrected chi connectivity index (χ3v) is 4.01. The van der Waals surface area contributed by atoms with E-state index in [-0.39, 0.29) is 23.3 Å². The van der Waals surface area contributed by atoms with Crippen LogP contribution in [0.5, 0.6) is 5.75 Å². The predicted molar refractivity (Wildman–Crippen MR) is 91.2 cm³/mol. The van der Waals surface area contributed by atoms with Gasteiger partial charge >= 0.3 is 0 Å². The maximum Gasteiger partial charge on any atom is 0.273 e. The van der Waals surface area contributed by atoms with Gasteiger partial charge in [0.05, 0.1) is 12.9 Å². The standard InChI is InChI=1S/C16H19N3O3S/c1-11(2)19-8-7-14(20)18-16(19)23-10-15(21)17-12-5-4-6-13(9-12)22-3/h4-9,11H,10H2,1-3H3,(H,17,21). The van der Waals surface area contributed by atoms with Crippen molar-refractivity contribution in [2.45, 2.75) is 25.0 Å². The molecule has 1 amide bonds. The number of anilines is 1. The summed E-state index contributed by atoms with van der Waals surface area (Å²) in [6.07, 6.45) is 1.70. The highest BCUT2D eigenvalue weighted by atomic mass is 32.2. The summed E-state index contributed by atoms with van der Waals surface area (Å²) < 4.78 is 6.98. The van der Waals surface area contributed by atoms with Gasteiger partial charge in [0.2, 0.25) is 5.91 Å². The van der Waals surface area contributed by atoms with Crippen LogP contribution in [-0.2, 0) is 4.79 Å². The first-order valence-electron chi connectivity index (χ1n) is 7.15. The number of rotatable bonds is 6. The fourth-order valence-corrected chi connectivity index (χ4v) is 2.83. The summed E-state index contributed by atoms with van der Waals surface area (Å²) in [7, 11) is 1.57. The van der Waals surface area contributed by atoms with Crippen LogP contribution < -0.4 is 15.6 Å². The van der Waals surface area contributed by atoms with Crippen molar-refractivity contribution in [2.24, 2.45) is 0 Å². The van der Waals surface area contributed by atoms with Gasteiger partial charge in [0, 0.05) is 30.1 Å². The largest absolute Gasteiger partial charge is 0.497 e. The van der Waals surface area contributed by atoms with Gasteiger partial charge in [0.1, 0.15) is 5.75 Å². The van der Waals surface area contributed by atoms with Crippen molar-refractivity contribution in [1.29, 1.82) is 0 Å². The van der Waals surface area contributed by atoms with Crippen LogP contribution in [-0.4, -0.2) is 28.3 Å². The lowest BCUT2D eigenvalue weighted by atomic mass is 10.3. The first-order chi connectivity index (χ1) is 11.0. The van der Waals surface area contributed by atoms with Gasteiger partial charge in [0.15, 0.2) is 5.16 Å². The Kier molecular flexibility index (Phi) is 5.81. The molecule has 23 heavy (non-hydrogen) atoms. The van der Waals surface area contributed by atoms with Gasteiger partial charge in [-0.1, -0.05) is 17.8 Å². The van der Waals surface area contributed by atoms with E-state index in [1.54, 1.807) is 37.6 Å². The number of benzene rings is 1. The molecule has 0 aliphatic heterocycles. The summed E-state index contributed by atoms with van der Waals surface area (Å²) in [5, 5.41) is 3.33. The lowest BCUT2D eigenvalue weighted by Crippen LogP contribution is -2.18. The first-order valence-corrected chi connectivity index (χ1v) is 8.14. The SMILES string of the molecule is COc1cccc(NC(=O)CSc2nc(=O)ccn2C(C)C)c1. The van der Waals surface area contributed by atoms with Crippen LogP contribution in [0.2, 0.25) is 0 Å². The zero-order valence-electron chi connectivity index (χ0n) is 13.3. The third kappa shape index (κ3) is 4.85. The number of carbonyl (C=O) groups is 1. The van der Waals surface area contributed by atoms with E-state index in [0.29, 0.717) is 16.6 Å². The molecule has 1 N–H and O–H groups in total. The molecule has 0 unspecified atom stereocenters. The maximum atomic E-state index is 12.1. The molecule has 0 atom stereocenters. The topological polar surface area (TPSA) is 73.2 Å². The highest BCUT2D eigenvalue weighted by Crippen LogP contribution is 2.20. The number of thioether (sulfide) groups is 1. The molecule has 7 heteroatoms. The van der Waals surface area contributed by atoms with Gasteiger partial charge < -0.3 is 14.6 Å². The van der Waals surface area contributed by atoms with Gasteiger partial charge in [0.25, 0.3) is 5.56 Å². The number of hydrogen-bond acceptors (Lipinski definition) is 5. The second kappa shape index (κ2) is 7.82. The summed E-state index contributed by atoms with van der Waals surface area (Å²) in [5.74, 6) is 0.672. The van der Waals surface area contributed by atoms with E-state index >= 15 is 0 Å². The Morgan fingerprint density at radius 3 is 2.87 bits per heavy atom. The summed E-state index contributed by atoms with van der Waals surface area (Å²) in [6, 6.07) is 8.71. The Morgan fingerprint density at radius 1 is 1.39 bits per heavy atom. The van der Waals surface area contributed by atoms with Crippen molar-refractivity contribution in [3.05, 3.63) is 46.9 Å². The average molecular weight is 333 g/mol. The predicted octanol–water partition coefficient (Wildman–Crippen LogP) is 2.56. The monoisotopic (exact) mass is 333 g/mol. The second-order valence-electron chi connectivity index (χ2n) is 5.12. The van der Waals surface area contributed by atoms with Crippen LogP contribution in [0.4, 0.5) is 5.69 Å². The van der Waals surface area contributed by atoms with E-state index < -0.39 is 0 Å². The number of nitrogens with one attached hydrogen (secondary N) is 1. The molecule has 0 spiro atoms. The second-order valence-corrected chi connectivity index (χ2v) is 6.06. The van der Waals surface area contributed by atoms with Gasteiger partial charge in [-0.25, -0.2) is 0 Å². The lowest BCUT2D eigenvalue weighted by Gasteiger charge is -2.14. The zero-order chi connectivity index (χ0) is 16.8. The number of nitrogens with zero attached hydrogens (tertiary/aromatic N) is 2. The lowest BCUT2D eigenvalue weighted by molar-refractivity contribution is -0.113. The van der Waals surface area contributed by atoms with E-state index in [0.717, 1.165) is 0 Å². The molecule has 0 aliphatic rings. The van der Waals surface area contributed by atoms with Crippen molar-refractivity contribution in [3.8, 4) is 5.75 Å². The van der Waals surface area contributed by atoms with Crippen LogP contribution in [0.1, 0.15) is 19.9 Å². The minimum Gasteiger partial charge on any atom is -0.497 e. The highest BCUT2D eigenvalue weighted by Gasteiger charge is 2.10. The molecular formula is C16H19N3O3S. The van der Waals surface area contributed by atoms with Crippen LogP contribution in [0.25, 0.3) is 0 Å².